The van der Waals surface area contributed by atoms with Crippen LogP contribution in [0.2, 0.25) is 0 Å². The Morgan fingerprint density at radius 2 is 2.08 bits per heavy atom. The van der Waals surface area contributed by atoms with Crippen molar-refractivity contribution in [1.82, 2.24) is 4.98 Å². The first-order chi connectivity index (χ1) is 6.11. The first-order valence-corrected chi connectivity index (χ1v) is 5.27. The number of anilines is 1. The van der Waals surface area contributed by atoms with Gasteiger partial charge in [-0.3, -0.25) is 0 Å². The molecule has 2 heterocycles. The molecule has 2 rings (SSSR count). The van der Waals surface area contributed by atoms with Crippen LogP contribution in [0.5, 0.6) is 0 Å². The van der Waals surface area contributed by atoms with E-state index >= 15 is 0 Å². The summed E-state index contributed by atoms with van der Waals surface area (Å²) in [6, 6.07) is 0. The van der Waals surface area contributed by atoms with Crippen molar-refractivity contribution in [2.45, 2.75) is 20.3 Å². The normalized spacial score (nSPS) is 14.9. The summed E-state index contributed by atoms with van der Waals surface area (Å²) in [6.45, 7) is 5.30. The van der Waals surface area contributed by atoms with Gasteiger partial charge >= 0.3 is 0 Å². The minimum Gasteiger partial charge on any atom is -0.359 e. The molecular weight excluding hydrogens is 228 g/mol. The summed E-state index contributed by atoms with van der Waals surface area (Å²) in [5.74, 6) is 1.17. The number of hydrogen-bond acceptors (Lipinski definition) is 2. The summed E-state index contributed by atoms with van der Waals surface area (Å²) in [5.41, 5.74) is 3.84. The van der Waals surface area contributed by atoms with Crippen LogP contribution in [0.15, 0.2) is 4.47 Å². The van der Waals surface area contributed by atoms with E-state index in [-0.39, 0.29) is 0 Å². The molecule has 0 atom stereocenters. The maximum absolute atomic E-state index is 4.57. The van der Waals surface area contributed by atoms with Crippen molar-refractivity contribution < 1.29 is 0 Å². The Bertz CT molecular complexity index is 360. The van der Waals surface area contributed by atoms with E-state index in [1.54, 1.807) is 0 Å². The van der Waals surface area contributed by atoms with Crippen LogP contribution < -0.4 is 4.90 Å². The molecule has 1 aromatic rings. The van der Waals surface area contributed by atoms with Crippen LogP contribution >= 0.6 is 15.9 Å². The maximum Gasteiger partial charge on any atom is 0.132 e. The van der Waals surface area contributed by atoms with Crippen molar-refractivity contribution in [2.75, 3.05) is 18.5 Å². The van der Waals surface area contributed by atoms with Crippen molar-refractivity contribution >= 4 is 21.7 Å². The standard InChI is InChI=1S/C10H13BrN2/c1-6-8-4-5-13(3)10(8)12-7(2)9(6)11/h4-5H2,1-3H3. The summed E-state index contributed by atoms with van der Waals surface area (Å²) in [7, 11) is 2.10. The van der Waals surface area contributed by atoms with E-state index in [0.29, 0.717) is 0 Å². The monoisotopic (exact) mass is 240 g/mol. The third-order valence-corrected chi connectivity index (χ3v) is 3.87. The zero-order valence-electron chi connectivity index (χ0n) is 8.19. The van der Waals surface area contributed by atoms with Gasteiger partial charge < -0.3 is 4.90 Å². The molecule has 1 aliphatic rings. The Balaban J connectivity index is 2.67. The molecule has 1 aliphatic heterocycles. The number of aromatic nitrogens is 1. The Morgan fingerprint density at radius 1 is 1.38 bits per heavy atom. The molecule has 0 aromatic carbocycles. The maximum atomic E-state index is 4.57. The molecule has 1 aromatic heterocycles. The molecule has 13 heavy (non-hydrogen) atoms. The zero-order chi connectivity index (χ0) is 9.59. The highest BCUT2D eigenvalue weighted by atomic mass is 79.9. The lowest BCUT2D eigenvalue weighted by atomic mass is 10.1. The second-order valence-electron chi connectivity index (χ2n) is 3.61. The fourth-order valence-electron chi connectivity index (χ4n) is 1.85. The molecule has 3 heteroatoms. The minimum absolute atomic E-state index is 1.09. The van der Waals surface area contributed by atoms with Crippen LogP contribution in [-0.2, 0) is 6.42 Å². The van der Waals surface area contributed by atoms with Gasteiger partial charge in [-0.25, -0.2) is 4.98 Å². The van der Waals surface area contributed by atoms with Gasteiger partial charge in [0.25, 0.3) is 0 Å². The summed E-state index contributed by atoms with van der Waals surface area (Å²) in [5, 5.41) is 0. The Kier molecular flexibility index (Phi) is 2.06. The highest BCUT2D eigenvalue weighted by Crippen LogP contribution is 2.33. The smallest absolute Gasteiger partial charge is 0.132 e. The average Bonchev–Trinajstić information content (AvgIpc) is 2.45. The summed E-state index contributed by atoms with van der Waals surface area (Å²) < 4.78 is 1.17. The van der Waals surface area contributed by atoms with Crippen molar-refractivity contribution in [3.05, 3.63) is 21.3 Å². The molecule has 0 amide bonds. The number of pyridine rings is 1. The van der Waals surface area contributed by atoms with Gasteiger partial charge in [0.1, 0.15) is 5.82 Å². The number of rotatable bonds is 0. The van der Waals surface area contributed by atoms with Crippen molar-refractivity contribution in [3.8, 4) is 0 Å². The van der Waals surface area contributed by atoms with E-state index in [1.165, 1.54) is 21.4 Å². The number of fused-ring (bicyclic) bond motifs is 1. The average molecular weight is 241 g/mol. The van der Waals surface area contributed by atoms with Crippen molar-refractivity contribution in [3.63, 3.8) is 0 Å². The number of hydrogen-bond donors (Lipinski definition) is 0. The van der Waals surface area contributed by atoms with Gasteiger partial charge in [-0.15, -0.1) is 0 Å². The van der Waals surface area contributed by atoms with Gasteiger partial charge in [-0.05, 0) is 41.8 Å². The summed E-state index contributed by atoms with van der Waals surface area (Å²) in [6.07, 6.45) is 1.13. The molecule has 0 fully saturated rings. The Hall–Kier alpha value is -0.570. The van der Waals surface area contributed by atoms with Crippen molar-refractivity contribution in [2.24, 2.45) is 0 Å². The molecule has 0 saturated carbocycles. The molecule has 2 nitrogen and oxygen atoms in total. The SMILES string of the molecule is Cc1nc2c(c(C)c1Br)CCN2C. The summed E-state index contributed by atoms with van der Waals surface area (Å²) >= 11 is 3.57. The van der Waals surface area contributed by atoms with E-state index < -0.39 is 0 Å². The predicted octanol–water partition coefficient (Wildman–Crippen LogP) is 2.45. The van der Waals surface area contributed by atoms with Crippen LogP contribution in [0.25, 0.3) is 0 Å². The minimum atomic E-state index is 1.09. The van der Waals surface area contributed by atoms with Gasteiger partial charge in [0.2, 0.25) is 0 Å². The van der Waals surface area contributed by atoms with Crippen LogP contribution in [-0.4, -0.2) is 18.6 Å². The van der Waals surface area contributed by atoms with Crippen LogP contribution in [0.1, 0.15) is 16.8 Å². The topological polar surface area (TPSA) is 16.1 Å². The number of likely N-dealkylation sites (N-methyl/N-ethyl adjacent to an activating group) is 1. The number of nitrogens with zero attached hydrogens (tertiary/aromatic N) is 2. The molecule has 70 valence electrons. The lowest BCUT2D eigenvalue weighted by Gasteiger charge is -2.13. The molecule has 0 bridgehead atoms. The molecule has 0 spiro atoms. The van der Waals surface area contributed by atoms with Gasteiger partial charge in [0, 0.05) is 23.6 Å². The fraction of sp³-hybridized carbons (Fsp3) is 0.500. The highest BCUT2D eigenvalue weighted by Gasteiger charge is 2.21. The lowest BCUT2D eigenvalue weighted by Crippen LogP contribution is -2.14. The summed E-state index contributed by atoms with van der Waals surface area (Å²) in [4.78, 5) is 6.80. The largest absolute Gasteiger partial charge is 0.359 e. The fourth-order valence-corrected chi connectivity index (χ4v) is 2.18. The van der Waals surface area contributed by atoms with E-state index in [2.05, 4.69) is 39.8 Å². The second-order valence-corrected chi connectivity index (χ2v) is 4.40. The van der Waals surface area contributed by atoms with Gasteiger partial charge in [-0.2, -0.15) is 0 Å². The van der Waals surface area contributed by atoms with Crippen LogP contribution in [0.3, 0.4) is 0 Å². The predicted molar refractivity (Wildman–Crippen MR) is 58.4 cm³/mol. The van der Waals surface area contributed by atoms with Gasteiger partial charge in [-0.1, -0.05) is 0 Å². The van der Waals surface area contributed by atoms with Crippen molar-refractivity contribution in [1.29, 1.82) is 0 Å². The lowest BCUT2D eigenvalue weighted by molar-refractivity contribution is 0.942. The highest BCUT2D eigenvalue weighted by molar-refractivity contribution is 9.10. The molecule has 0 saturated heterocycles. The van der Waals surface area contributed by atoms with Gasteiger partial charge in [0.15, 0.2) is 0 Å². The molecule has 0 N–H and O–H groups in total. The van der Waals surface area contributed by atoms with Gasteiger partial charge in [0.05, 0.1) is 5.69 Å². The van der Waals surface area contributed by atoms with Crippen LogP contribution in [0.4, 0.5) is 5.82 Å². The third kappa shape index (κ3) is 1.26. The Labute approximate surface area is 87.1 Å². The molecule has 0 aliphatic carbocycles. The van der Waals surface area contributed by atoms with E-state index in [0.717, 1.165) is 18.7 Å². The Morgan fingerprint density at radius 3 is 2.77 bits per heavy atom. The molecule has 0 radical (unpaired) electrons. The number of halogens is 1. The number of aryl methyl sites for hydroxylation is 1. The zero-order valence-corrected chi connectivity index (χ0v) is 9.77. The molecule has 0 unspecified atom stereocenters. The molecular formula is C10H13BrN2. The second kappa shape index (κ2) is 2.98. The third-order valence-electron chi connectivity index (χ3n) is 2.70. The first kappa shape index (κ1) is 9.00. The van der Waals surface area contributed by atoms with E-state index in [1.807, 2.05) is 6.92 Å². The van der Waals surface area contributed by atoms with E-state index in [9.17, 15) is 0 Å². The van der Waals surface area contributed by atoms with E-state index in [4.69, 9.17) is 0 Å². The van der Waals surface area contributed by atoms with Crippen LogP contribution in [0, 0.1) is 13.8 Å². The quantitative estimate of drug-likeness (QED) is 0.693. The first-order valence-electron chi connectivity index (χ1n) is 4.48.